The van der Waals surface area contributed by atoms with Crippen LogP contribution in [0, 0.1) is 0 Å². The van der Waals surface area contributed by atoms with E-state index in [-0.39, 0.29) is 0 Å². The third kappa shape index (κ3) is 10.6. The molecule has 2 aromatic rings. The third-order valence-electron chi connectivity index (χ3n) is 6.45. The largest absolute Gasteiger partial charge is 0.293 e. The van der Waals surface area contributed by atoms with Crippen LogP contribution in [0.5, 0.6) is 0 Å². The van der Waals surface area contributed by atoms with Crippen LogP contribution in [-0.2, 0) is 0 Å². The summed E-state index contributed by atoms with van der Waals surface area (Å²) in [6.45, 7) is 8.10. The van der Waals surface area contributed by atoms with Crippen molar-refractivity contribution in [1.29, 1.82) is 0 Å². The van der Waals surface area contributed by atoms with Crippen LogP contribution in [-0.4, -0.2) is 48.6 Å². The van der Waals surface area contributed by atoms with Gasteiger partial charge in [-0.25, -0.2) is 0 Å². The lowest BCUT2D eigenvalue weighted by atomic mass is 10.1. The molecule has 0 amide bonds. The molecule has 192 valence electrons. The van der Waals surface area contributed by atoms with E-state index in [0.717, 1.165) is 39.0 Å². The number of piperazine rings is 1. The number of benzene rings is 2. The molecule has 0 spiro atoms. The van der Waals surface area contributed by atoms with Crippen molar-refractivity contribution < 1.29 is 0 Å². The van der Waals surface area contributed by atoms with Gasteiger partial charge in [0.1, 0.15) is 0 Å². The van der Waals surface area contributed by atoms with Gasteiger partial charge in [-0.3, -0.25) is 10.0 Å². The Kier molecular flexibility index (Phi) is 12.6. The van der Waals surface area contributed by atoms with Crippen LogP contribution in [0.25, 0.3) is 12.2 Å². The average Bonchev–Trinajstić information content (AvgIpc) is 2.92. The average molecular weight is 485 g/mol. The highest BCUT2D eigenvalue weighted by Gasteiger charge is 2.13. The fraction of sp³-hybridized carbons (Fsp3) is 0.438. The molecule has 0 bridgehead atoms. The van der Waals surface area contributed by atoms with Gasteiger partial charge in [-0.05, 0) is 48.0 Å². The molecule has 0 atom stereocenters. The maximum absolute atomic E-state index is 4.84. The summed E-state index contributed by atoms with van der Waals surface area (Å²) in [4.78, 5) is 0. The summed E-state index contributed by atoms with van der Waals surface area (Å²) in [6.07, 6.45) is 18.3. The van der Waals surface area contributed by atoms with Crippen LogP contribution in [0.2, 0.25) is 0 Å². The minimum atomic E-state index is 0.898. The summed E-state index contributed by atoms with van der Waals surface area (Å²) in [6, 6.07) is 21.1. The van der Waals surface area contributed by atoms with E-state index < -0.39 is 0 Å². The molecule has 0 radical (unpaired) electrons. The lowest BCUT2D eigenvalue weighted by Crippen LogP contribution is -2.41. The molecule has 1 aliphatic rings. The summed E-state index contributed by atoms with van der Waals surface area (Å²) >= 11 is 0. The van der Waals surface area contributed by atoms with Gasteiger partial charge in [0.15, 0.2) is 0 Å². The molecule has 0 saturated carbocycles. The molecule has 1 aliphatic heterocycles. The molecular weight excluding hydrogens is 440 g/mol. The maximum Gasteiger partial charge on any atom is 0.0553 e. The lowest BCUT2D eigenvalue weighted by Gasteiger charge is -2.31. The van der Waals surface area contributed by atoms with Crippen LogP contribution in [0.4, 0.5) is 0 Å². The molecule has 0 aromatic heterocycles. The number of hydrogen-bond donors (Lipinski definition) is 0. The van der Waals surface area contributed by atoms with Gasteiger partial charge in [-0.1, -0.05) is 112 Å². The molecule has 4 heteroatoms. The summed E-state index contributed by atoms with van der Waals surface area (Å²) < 4.78 is 0. The second-order valence-electron chi connectivity index (χ2n) is 9.57. The number of hydrazone groups is 2. The zero-order valence-electron chi connectivity index (χ0n) is 22.4. The summed E-state index contributed by atoms with van der Waals surface area (Å²) in [5.41, 5.74) is 5.09. The van der Waals surface area contributed by atoms with Crippen LogP contribution < -0.4 is 0 Å². The Morgan fingerprint density at radius 3 is 1.36 bits per heavy atom. The van der Waals surface area contributed by atoms with Gasteiger partial charge in [-0.15, -0.1) is 0 Å². The fourth-order valence-electron chi connectivity index (χ4n) is 4.26. The zero-order chi connectivity index (χ0) is 25.3. The van der Waals surface area contributed by atoms with E-state index in [1.807, 2.05) is 0 Å². The molecule has 2 aromatic carbocycles. The highest BCUT2D eigenvalue weighted by molar-refractivity contribution is 5.86. The molecule has 36 heavy (non-hydrogen) atoms. The van der Waals surface area contributed by atoms with E-state index in [2.05, 4.69) is 109 Å². The number of nitrogens with zero attached hydrogens (tertiary/aromatic N) is 4. The van der Waals surface area contributed by atoms with Crippen LogP contribution in [0.1, 0.15) is 76.3 Å². The van der Waals surface area contributed by atoms with Crippen LogP contribution in [0.15, 0.2) is 82.0 Å². The zero-order valence-corrected chi connectivity index (χ0v) is 22.4. The minimum Gasteiger partial charge on any atom is -0.293 e. The van der Waals surface area contributed by atoms with Crippen molar-refractivity contribution in [2.45, 2.75) is 65.2 Å². The van der Waals surface area contributed by atoms with E-state index in [1.54, 1.807) is 0 Å². The van der Waals surface area contributed by atoms with E-state index in [4.69, 9.17) is 10.2 Å². The number of hydrogen-bond acceptors (Lipinski definition) is 4. The van der Waals surface area contributed by atoms with E-state index in [9.17, 15) is 0 Å². The fourth-order valence-corrected chi connectivity index (χ4v) is 4.26. The Morgan fingerprint density at radius 1 is 0.611 bits per heavy atom. The molecule has 0 aliphatic carbocycles. The van der Waals surface area contributed by atoms with E-state index >= 15 is 0 Å². The summed E-state index contributed by atoms with van der Waals surface area (Å²) in [5.74, 6) is 0. The first-order valence-electron chi connectivity index (χ1n) is 13.9. The van der Waals surface area contributed by atoms with Crippen LogP contribution in [0.3, 0.4) is 0 Å². The first-order valence-corrected chi connectivity index (χ1v) is 13.9. The predicted octanol–water partition coefficient (Wildman–Crippen LogP) is 7.90. The SMILES string of the molecule is CCCCCC(C=NN1CCN(N=CC(=Cc2ccccc2)CCCCC)CC1)=Cc1ccccc1. The van der Waals surface area contributed by atoms with Crippen molar-refractivity contribution in [3.05, 3.63) is 82.9 Å². The van der Waals surface area contributed by atoms with Gasteiger partial charge >= 0.3 is 0 Å². The third-order valence-corrected chi connectivity index (χ3v) is 6.45. The lowest BCUT2D eigenvalue weighted by molar-refractivity contribution is 0.141. The minimum absolute atomic E-state index is 0.898. The standard InChI is InChI=1S/C32H44N4/c1-3-5-9-19-31(25-29-15-11-7-12-16-29)27-33-35-21-23-36(24-22-35)34-28-32(20-10-6-4-2)26-30-17-13-8-14-18-30/h7-8,11-18,25-28H,3-6,9-10,19-24H2,1-2H3. The van der Waals surface area contributed by atoms with Gasteiger partial charge in [0, 0.05) is 0 Å². The summed E-state index contributed by atoms with van der Waals surface area (Å²) in [5, 5.41) is 14.1. The van der Waals surface area contributed by atoms with Crippen molar-refractivity contribution in [3.63, 3.8) is 0 Å². The quantitative estimate of drug-likeness (QED) is 0.201. The molecule has 4 nitrogen and oxygen atoms in total. The van der Waals surface area contributed by atoms with Gasteiger partial charge < -0.3 is 0 Å². The Hall–Kier alpha value is -3.14. The smallest absolute Gasteiger partial charge is 0.0553 e. The molecule has 1 saturated heterocycles. The predicted molar refractivity (Wildman–Crippen MR) is 157 cm³/mol. The van der Waals surface area contributed by atoms with Crippen LogP contribution >= 0.6 is 0 Å². The Labute approximate surface area is 219 Å². The molecule has 1 fully saturated rings. The monoisotopic (exact) mass is 484 g/mol. The van der Waals surface area contributed by atoms with Crippen molar-refractivity contribution in [3.8, 4) is 0 Å². The Bertz CT molecular complexity index is 886. The van der Waals surface area contributed by atoms with Gasteiger partial charge in [0.2, 0.25) is 0 Å². The Balaban J connectivity index is 1.55. The highest BCUT2D eigenvalue weighted by Crippen LogP contribution is 2.15. The van der Waals surface area contributed by atoms with Gasteiger partial charge in [-0.2, -0.15) is 10.2 Å². The topological polar surface area (TPSA) is 31.2 Å². The second kappa shape index (κ2) is 16.5. The van der Waals surface area contributed by atoms with E-state index in [0.29, 0.717) is 0 Å². The number of unbranched alkanes of at least 4 members (excludes halogenated alkanes) is 4. The van der Waals surface area contributed by atoms with Crippen molar-refractivity contribution in [2.24, 2.45) is 10.2 Å². The van der Waals surface area contributed by atoms with Crippen molar-refractivity contribution in [1.82, 2.24) is 10.0 Å². The van der Waals surface area contributed by atoms with Gasteiger partial charge in [0.05, 0.1) is 38.6 Å². The maximum atomic E-state index is 4.84. The molecule has 0 unspecified atom stereocenters. The number of allylic oxidation sites excluding steroid dienone is 2. The van der Waals surface area contributed by atoms with Gasteiger partial charge in [0.25, 0.3) is 0 Å². The first-order chi connectivity index (χ1) is 17.8. The first kappa shape index (κ1) is 27.4. The molecule has 0 N–H and O–H groups in total. The summed E-state index contributed by atoms with van der Waals surface area (Å²) in [7, 11) is 0. The van der Waals surface area contributed by atoms with Crippen molar-refractivity contribution >= 4 is 24.6 Å². The highest BCUT2D eigenvalue weighted by atomic mass is 15.5. The molecule has 1 heterocycles. The van der Waals surface area contributed by atoms with Crippen molar-refractivity contribution in [2.75, 3.05) is 26.2 Å². The normalized spacial score (nSPS) is 15.4. The number of rotatable bonds is 14. The Morgan fingerprint density at radius 2 is 1.00 bits per heavy atom. The van der Waals surface area contributed by atoms with E-state index in [1.165, 1.54) is 60.8 Å². The molecule has 3 rings (SSSR count). The molecular formula is C32H44N4. The second-order valence-corrected chi connectivity index (χ2v) is 9.57.